The predicted octanol–water partition coefficient (Wildman–Crippen LogP) is 3.51. The molecule has 0 aliphatic heterocycles. The smallest absolute Gasteiger partial charge is 0.166 e. The summed E-state index contributed by atoms with van der Waals surface area (Å²) in [5.41, 5.74) is -0.897. The maximum absolute atomic E-state index is 12.3. The van der Waals surface area contributed by atoms with Crippen molar-refractivity contribution >= 4 is 37.7 Å². The van der Waals surface area contributed by atoms with Crippen LogP contribution >= 0.6 is 32.4 Å². The van der Waals surface area contributed by atoms with Gasteiger partial charge >= 0.3 is 6.18 Å². The molecule has 0 aliphatic rings. The molecule has 0 aromatic heterocycles. The second kappa shape index (κ2) is 3.64. The minimum absolute atomic E-state index is 0.0121. The summed E-state index contributed by atoms with van der Waals surface area (Å²) in [5, 5.41) is -0.566. The largest absolute Gasteiger partial charge is 0.418 e. The molecule has 1 aromatic carbocycles. The molecule has 1 unspecified atom stereocenters. The van der Waals surface area contributed by atoms with E-state index in [0.717, 1.165) is 0 Å². The van der Waals surface area contributed by atoms with Crippen molar-refractivity contribution in [3.05, 3.63) is 27.7 Å². The fraction of sp³-hybridized carbons (Fsp3) is 0.143. The Morgan fingerprint density at radius 2 is 1.69 bits per heavy atom. The zero-order valence-electron chi connectivity index (χ0n) is 6.12. The molecule has 1 rings (SSSR count). The van der Waals surface area contributed by atoms with Gasteiger partial charge < -0.3 is 0 Å². The first kappa shape index (κ1) is 11.1. The van der Waals surface area contributed by atoms with Gasteiger partial charge in [0.1, 0.15) is 0 Å². The van der Waals surface area contributed by atoms with E-state index in [1.807, 2.05) is 9.24 Å². The molecule has 0 aliphatic carbocycles. The van der Waals surface area contributed by atoms with Crippen molar-refractivity contribution in [1.82, 2.24) is 0 Å². The molecule has 0 fully saturated rings. The van der Waals surface area contributed by atoms with E-state index >= 15 is 0 Å². The van der Waals surface area contributed by atoms with Crippen LogP contribution in [0.3, 0.4) is 0 Å². The van der Waals surface area contributed by atoms with Crippen LogP contribution in [0.25, 0.3) is 0 Å². The van der Waals surface area contributed by atoms with Crippen molar-refractivity contribution in [2.24, 2.45) is 0 Å². The van der Waals surface area contributed by atoms with Crippen molar-refractivity contribution < 1.29 is 13.2 Å². The molecule has 0 spiro atoms. The third kappa shape index (κ3) is 2.28. The third-order valence-electron chi connectivity index (χ3n) is 1.41. The summed E-state index contributed by atoms with van der Waals surface area (Å²) in [6, 6.07) is 2.57. The van der Waals surface area contributed by atoms with Crippen molar-refractivity contribution in [2.75, 3.05) is 0 Å². The number of halogens is 5. The summed E-state index contributed by atoms with van der Waals surface area (Å²) < 4.78 is 37.0. The molecule has 0 amide bonds. The Labute approximate surface area is 85.2 Å². The summed E-state index contributed by atoms with van der Waals surface area (Å²) in [6.07, 6.45) is -4.47. The molecule has 0 N–H and O–H groups in total. The monoisotopic (exact) mass is 246 g/mol. The van der Waals surface area contributed by atoms with Crippen LogP contribution in [-0.4, -0.2) is 0 Å². The predicted molar refractivity (Wildman–Crippen MR) is 50.8 cm³/mol. The van der Waals surface area contributed by atoms with Gasteiger partial charge in [-0.3, -0.25) is 0 Å². The molecule has 1 aromatic rings. The van der Waals surface area contributed by atoms with E-state index in [1.165, 1.54) is 12.1 Å². The van der Waals surface area contributed by atoms with Crippen LogP contribution in [0, 0.1) is 0 Å². The summed E-state index contributed by atoms with van der Waals surface area (Å²) in [6.45, 7) is 0. The average molecular weight is 247 g/mol. The topological polar surface area (TPSA) is 0 Å². The maximum Gasteiger partial charge on any atom is 0.418 e. The van der Waals surface area contributed by atoms with Crippen LogP contribution in [0.1, 0.15) is 5.56 Å². The lowest BCUT2D eigenvalue weighted by Crippen LogP contribution is -2.15. The van der Waals surface area contributed by atoms with Crippen LogP contribution in [0.15, 0.2) is 12.1 Å². The van der Waals surface area contributed by atoms with Crippen LogP contribution in [-0.2, 0) is 6.18 Å². The minimum atomic E-state index is -4.47. The molecule has 13 heavy (non-hydrogen) atoms. The number of alkyl halides is 3. The third-order valence-corrected chi connectivity index (χ3v) is 2.70. The quantitative estimate of drug-likeness (QED) is 0.615. The highest BCUT2D eigenvalue weighted by Crippen LogP contribution is 2.37. The van der Waals surface area contributed by atoms with E-state index < -0.39 is 16.8 Å². The van der Waals surface area contributed by atoms with Gasteiger partial charge in [0.05, 0.1) is 15.6 Å². The first-order valence-electron chi connectivity index (χ1n) is 3.14. The summed E-state index contributed by atoms with van der Waals surface area (Å²) in [4.78, 5) is 0. The summed E-state index contributed by atoms with van der Waals surface area (Å²) >= 11 is 10.9. The lowest BCUT2D eigenvalue weighted by molar-refractivity contribution is -0.136. The number of hydrogen-bond acceptors (Lipinski definition) is 0. The molecule has 1 atom stereocenters. The van der Waals surface area contributed by atoms with E-state index in [0.29, 0.717) is 0 Å². The van der Waals surface area contributed by atoms with Crippen molar-refractivity contribution in [3.63, 3.8) is 0 Å². The van der Waals surface area contributed by atoms with Crippen molar-refractivity contribution in [2.45, 2.75) is 6.18 Å². The lowest BCUT2D eigenvalue weighted by Gasteiger charge is -2.12. The van der Waals surface area contributed by atoms with Gasteiger partial charge in [0.15, 0.2) is 0 Å². The molecule has 6 heteroatoms. The van der Waals surface area contributed by atoms with Crippen molar-refractivity contribution in [3.8, 4) is 0 Å². The van der Waals surface area contributed by atoms with Gasteiger partial charge in [-0.05, 0) is 11.4 Å². The van der Waals surface area contributed by atoms with Crippen LogP contribution in [0.2, 0.25) is 10.0 Å². The number of hydrogen-bond donors (Lipinski definition) is 0. The van der Waals surface area contributed by atoms with Gasteiger partial charge in [-0.25, -0.2) is 0 Å². The van der Waals surface area contributed by atoms with E-state index in [-0.39, 0.29) is 10.3 Å². The Kier molecular flexibility index (Phi) is 3.11. The second-order valence-corrected chi connectivity index (χ2v) is 3.73. The van der Waals surface area contributed by atoms with Gasteiger partial charge in [0.2, 0.25) is 0 Å². The second-order valence-electron chi connectivity index (χ2n) is 2.32. The first-order chi connectivity index (χ1) is 5.84. The Balaban J connectivity index is 3.43. The van der Waals surface area contributed by atoms with Gasteiger partial charge in [-0.15, -0.1) is 9.24 Å². The average Bonchev–Trinajstić information content (AvgIpc) is 1.95. The number of rotatable bonds is 0. The standard InChI is InChI=1S/C7H4Cl2F3P/c8-3-1-2-4(13)5(6(3)9)7(10,11)12/h1-2H,13H2. The highest BCUT2D eigenvalue weighted by Gasteiger charge is 2.35. The first-order valence-corrected chi connectivity index (χ1v) is 4.48. The summed E-state index contributed by atoms with van der Waals surface area (Å²) in [7, 11) is 1.97. The fourth-order valence-corrected chi connectivity index (χ4v) is 1.79. The molecular formula is C7H4Cl2F3P. The molecule has 0 radical (unpaired) electrons. The molecule has 0 saturated heterocycles. The van der Waals surface area contributed by atoms with Crippen LogP contribution in [0.4, 0.5) is 13.2 Å². The van der Waals surface area contributed by atoms with E-state index in [4.69, 9.17) is 23.2 Å². The van der Waals surface area contributed by atoms with Gasteiger partial charge in [-0.1, -0.05) is 29.3 Å². The SMILES string of the molecule is FC(F)(F)c1c(P)ccc(Cl)c1Cl. The normalized spacial score (nSPS) is 11.8. The Hall–Kier alpha value is 0.0200. The number of benzene rings is 1. The van der Waals surface area contributed by atoms with E-state index in [9.17, 15) is 13.2 Å². The van der Waals surface area contributed by atoms with E-state index in [2.05, 4.69) is 0 Å². The van der Waals surface area contributed by atoms with Crippen LogP contribution < -0.4 is 5.30 Å². The molecule has 0 nitrogen and oxygen atoms in total. The van der Waals surface area contributed by atoms with E-state index in [1.54, 1.807) is 0 Å². The summed E-state index contributed by atoms with van der Waals surface area (Å²) in [5.74, 6) is 0. The van der Waals surface area contributed by atoms with Crippen molar-refractivity contribution in [1.29, 1.82) is 0 Å². The molecule has 0 bridgehead atoms. The highest BCUT2D eigenvalue weighted by atomic mass is 35.5. The molecule has 72 valence electrons. The Morgan fingerprint density at radius 1 is 1.15 bits per heavy atom. The molecule has 0 saturated carbocycles. The molecule has 0 heterocycles. The zero-order chi connectivity index (χ0) is 10.2. The highest BCUT2D eigenvalue weighted by molar-refractivity contribution is 7.27. The minimum Gasteiger partial charge on any atom is -0.166 e. The fourth-order valence-electron chi connectivity index (χ4n) is 0.854. The Morgan fingerprint density at radius 3 is 2.08 bits per heavy atom. The zero-order valence-corrected chi connectivity index (χ0v) is 8.79. The van der Waals surface area contributed by atoms with Gasteiger partial charge in [0, 0.05) is 0 Å². The lowest BCUT2D eigenvalue weighted by atomic mass is 10.2. The maximum atomic E-state index is 12.3. The van der Waals surface area contributed by atoms with Gasteiger partial charge in [0.25, 0.3) is 0 Å². The molecular weight excluding hydrogens is 243 g/mol. The van der Waals surface area contributed by atoms with Crippen LogP contribution in [0.5, 0.6) is 0 Å². The van der Waals surface area contributed by atoms with Gasteiger partial charge in [-0.2, -0.15) is 13.2 Å². The Bertz CT molecular complexity index is 335.